The zero-order valence-corrected chi connectivity index (χ0v) is 14.9. The maximum absolute atomic E-state index is 11.7. The first-order valence-electron chi connectivity index (χ1n) is 8.19. The van der Waals surface area contributed by atoms with E-state index in [0.29, 0.717) is 24.3 Å². The zero-order chi connectivity index (χ0) is 18.9. The van der Waals surface area contributed by atoms with Crippen LogP contribution in [0.4, 0.5) is 0 Å². The fourth-order valence-corrected chi connectivity index (χ4v) is 2.41. The highest BCUT2D eigenvalue weighted by atomic mass is 16.5. The lowest BCUT2D eigenvalue weighted by Gasteiger charge is -2.11. The summed E-state index contributed by atoms with van der Waals surface area (Å²) in [5.41, 5.74) is 8.16. The van der Waals surface area contributed by atoms with Crippen LogP contribution in [0.25, 0.3) is 0 Å². The van der Waals surface area contributed by atoms with Crippen molar-refractivity contribution in [1.82, 2.24) is 0 Å². The molecule has 2 N–H and O–H groups in total. The molecule has 2 rings (SSSR count). The summed E-state index contributed by atoms with van der Waals surface area (Å²) in [5.74, 6) is 0.183. The molecule has 0 aliphatic heterocycles. The lowest BCUT2D eigenvalue weighted by atomic mass is 10.0. The number of esters is 1. The highest BCUT2D eigenvalue weighted by molar-refractivity contribution is 5.89. The second-order valence-electron chi connectivity index (χ2n) is 5.83. The van der Waals surface area contributed by atoms with Gasteiger partial charge in [0.1, 0.15) is 19.0 Å². The first-order chi connectivity index (χ1) is 12.5. The van der Waals surface area contributed by atoms with Crippen LogP contribution in [-0.4, -0.2) is 38.6 Å². The number of Topliss-reactive ketones (excluding diaryl/α,β-unsaturated/α-hetero) is 1. The molecule has 0 amide bonds. The van der Waals surface area contributed by atoms with E-state index in [0.717, 1.165) is 11.1 Å². The Morgan fingerprint density at radius 1 is 1.04 bits per heavy atom. The van der Waals surface area contributed by atoms with Gasteiger partial charge in [-0.2, -0.15) is 0 Å². The number of methoxy groups -OCH3 is 2. The first kappa shape index (κ1) is 19.6. The molecular weight excluding hydrogens is 334 g/mol. The van der Waals surface area contributed by atoms with Gasteiger partial charge in [-0.3, -0.25) is 4.79 Å². The number of benzene rings is 2. The lowest BCUT2D eigenvalue weighted by molar-refractivity contribution is -0.123. The van der Waals surface area contributed by atoms with Gasteiger partial charge in [-0.25, -0.2) is 4.79 Å². The van der Waals surface area contributed by atoms with E-state index in [2.05, 4.69) is 0 Å². The number of ether oxygens (including phenoxy) is 3. The molecule has 0 fully saturated rings. The lowest BCUT2D eigenvalue weighted by Crippen LogP contribution is -2.35. The van der Waals surface area contributed by atoms with Gasteiger partial charge in [-0.15, -0.1) is 0 Å². The van der Waals surface area contributed by atoms with Gasteiger partial charge in [-0.1, -0.05) is 24.3 Å². The van der Waals surface area contributed by atoms with Crippen molar-refractivity contribution in [3.8, 4) is 5.75 Å². The predicted octanol–water partition coefficient (Wildman–Crippen LogP) is 2.14. The third kappa shape index (κ3) is 5.68. The minimum absolute atomic E-state index is 0.0208. The van der Waals surface area contributed by atoms with Crippen molar-refractivity contribution in [2.45, 2.75) is 19.1 Å². The Morgan fingerprint density at radius 3 is 2.42 bits per heavy atom. The fourth-order valence-electron chi connectivity index (χ4n) is 2.41. The fraction of sp³-hybridized carbons (Fsp3) is 0.300. The van der Waals surface area contributed by atoms with Crippen LogP contribution in [0.2, 0.25) is 0 Å². The van der Waals surface area contributed by atoms with Gasteiger partial charge >= 0.3 is 5.97 Å². The van der Waals surface area contributed by atoms with Crippen molar-refractivity contribution in [3.63, 3.8) is 0 Å². The van der Waals surface area contributed by atoms with Gasteiger partial charge in [0, 0.05) is 7.11 Å². The molecule has 0 saturated carbocycles. The molecule has 0 radical (unpaired) electrons. The second-order valence-corrected chi connectivity index (χ2v) is 5.83. The summed E-state index contributed by atoms with van der Waals surface area (Å²) in [6.07, 6.45) is 0.448. The summed E-state index contributed by atoms with van der Waals surface area (Å²) in [6.45, 7) is 0.350. The molecule has 0 saturated heterocycles. The molecule has 0 bridgehead atoms. The molecule has 0 aliphatic rings. The largest absolute Gasteiger partial charge is 0.489 e. The predicted molar refractivity (Wildman–Crippen MR) is 97.1 cm³/mol. The topological polar surface area (TPSA) is 87.9 Å². The molecule has 0 aromatic heterocycles. The van der Waals surface area contributed by atoms with E-state index in [9.17, 15) is 9.59 Å². The third-order valence-electron chi connectivity index (χ3n) is 3.83. The highest BCUT2D eigenvalue weighted by Crippen LogP contribution is 2.16. The van der Waals surface area contributed by atoms with Gasteiger partial charge in [0.2, 0.25) is 0 Å². The van der Waals surface area contributed by atoms with Gasteiger partial charge in [0.05, 0.1) is 18.7 Å². The molecule has 2 aromatic rings. The Morgan fingerprint density at radius 2 is 1.77 bits per heavy atom. The van der Waals surface area contributed by atoms with E-state index in [1.807, 2.05) is 30.3 Å². The standard InChI is InChI=1S/C20H23NO5/c1-24-13-19(22)18(21)11-14-6-8-17(9-7-14)26-12-15-4-3-5-16(10-15)20(23)25-2/h3-10,18H,11-13,21H2,1-2H3. The molecule has 26 heavy (non-hydrogen) atoms. The number of carbonyl (C=O) groups excluding carboxylic acids is 2. The van der Waals surface area contributed by atoms with E-state index in [1.54, 1.807) is 18.2 Å². The number of ketones is 1. The molecule has 1 atom stereocenters. The normalized spacial score (nSPS) is 11.7. The molecule has 6 heteroatoms. The van der Waals surface area contributed by atoms with E-state index in [1.165, 1.54) is 14.2 Å². The number of rotatable bonds is 9. The Bertz CT molecular complexity index is 742. The van der Waals surface area contributed by atoms with Crippen molar-refractivity contribution in [2.75, 3.05) is 20.8 Å². The second kappa shape index (κ2) is 9.70. The molecule has 0 heterocycles. The number of carbonyl (C=O) groups is 2. The summed E-state index contributed by atoms with van der Waals surface area (Å²) in [5, 5.41) is 0. The summed E-state index contributed by atoms with van der Waals surface area (Å²) >= 11 is 0. The minimum atomic E-state index is -0.581. The van der Waals surface area contributed by atoms with Gasteiger partial charge in [0.25, 0.3) is 0 Å². The molecule has 0 spiro atoms. The quantitative estimate of drug-likeness (QED) is 0.692. The summed E-state index contributed by atoms with van der Waals surface area (Å²) in [4.78, 5) is 23.2. The van der Waals surface area contributed by atoms with Gasteiger partial charge in [-0.05, 0) is 41.8 Å². The highest BCUT2D eigenvalue weighted by Gasteiger charge is 2.13. The van der Waals surface area contributed by atoms with E-state index in [4.69, 9.17) is 19.9 Å². The van der Waals surface area contributed by atoms with Crippen LogP contribution < -0.4 is 10.5 Å². The van der Waals surface area contributed by atoms with Crippen molar-refractivity contribution in [2.24, 2.45) is 5.73 Å². The molecule has 138 valence electrons. The van der Waals surface area contributed by atoms with Crippen molar-refractivity contribution in [3.05, 3.63) is 65.2 Å². The van der Waals surface area contributed by atoms with Crippen LogP contribution in [0.15, 0.2) is 48.5 Å². The SMILES string of the molecule is COCC(=O)C(N)Cc1ccc(OCc2cccc(C(=O)OC)c2)cc1. The van der Waals surface area contributed by atoms with E-state index >= 15 is 0 Å². The Kier molecular flexibility index (Phi) is 7.32. The van der Waals surface area contributed by atoms with Gasteiger partial charge in [0.15, 0.2) is 5.78 Å². The number of hydrogen-bond donors (Lipinski definition) is 1. The van der Waals surface area contributed by atoms with Crippen LogP contribution in [0.5, 0.6) is 5.75 Å². The van der Waals surface area contributed by atoms with Gasteiger partial charge < -0.3 is 19.9 Å². The smallest absolute Gasteiger partial charge is 0.337 e. The molecule has 2 aromatic carbocycles. The Labute approximate surface area is 152 Å². The maximum atomic E-state index is 11.7. The van der Waals surface area contributed by atoms with E-state index < -0.39 is 6.04 Å². The van der Waals surface area contributed by atoms with Crippen LogP contribution in [0.1, 0.15) is 21.5 Å². The van der Waals surface area contributed by atoms with Crippen LogP contribution in [0.3, 0.4) is 0 Å². The first-order valence-corrected chi connectivity index (χ1v) is 8.19. The van der Waals surface area contributed by atoms with Crippen molar-refractivity contribution in [1.29, 1.82) is 0 Å². The third-order valence-corrected chi connectivity index (χ3v) is 3.83. The summed E-state index contributed by atoms with van der Waals surface area (Å²) in [7, 11) is 2.82. The van der Waals surface area contributed by atoms with Crippen LogP contribution in [-0.2, 0) is 27.3 Å². The minimum Gasteiger partial charge on any atom is -0.489 e. The Hall–Kier alpha value is -2.70. The average Bonchev–Trinajstić information content (AvgIpc) is 2.67. The van der Waals surface area contributed by atoms with Crippen LogP contribution >= 0.6 is 0 Å². The Balaban J connectivity index is 1.91. The summed E-state index contributed by atoms with van der Waals surface area (Å²) in [6, 6.07) is 13.9. The van der Waals surface area contributed by atoms with E-state index in [-0.39, 0.29) is 18.4 Å². The molecule has 6 nitrogen and oxygen atoms in total. The average molecular weight is 357 g/mol. The zero-order valence-electron chi connectivity index (χ0n) is 14.9. The maximum Gasteiger partial charge on any atom is 0.337 e. The molecule has 0 aliphatic carbocycles. The van der Waals surface area contributed by atoms with Crippen molar-refractivity contribution < 1.29 is 23.8 Å². The molecule has 1 unspecified atom stereocenters. The number of nitrogens with two attached hydrogens (primary N) is 1. The van der Waals surface area contributed by atoms with Crippen LogP contribution in [0, 0.1) is 0 Å². The number of hydrogen-bond acceptors (Lipinski definition) is 6. The van der Waals surface area contributed by atoms with Crippen molar-refractivity contribution >= 4 is 11.8 Å². The summed E-state index contributed by atoms with van der Waals surface area (Å²) < 4.78 is 15.3. The molecular formula is C20H23NO5. The monoisotopic (exact) mass is 357 g/mol.